The van der Waals surface area contributed by atoms with E-state index in [1.165, 1.54) is 16.7 Å². The normalized spacial score (nSPS) is 10.6. The van der Waals surface area contributed by atoms with Crippen molar-refractivity contribution in [2.75, 3.05) is 6.54 Å². The Balaban J connectivity index is 2.01. The molecule has 0 atom stereocenters. The van der Waals surface area contributed by atoms with E-state index in [4.69, 9.17) is 0 Å². The maximum atomic E-state index is 3.67. The van der Waals surface area contributed by atoms with Crippen molar-refractivity contribution in [3.63, 3.8) is 0 Å². The SMILES string of the molecule is CC(C)=CCNC(Cc1ccccc1)Cc1ccccc1. The number of hydrogen-bond acceptors (Lipinski definition) is 1. The molecular weight excluding hydrogens is 254 g/mol. The van der Waals surface area contributed by atoms with Crippen LogP contribution in [0, 0.1) is 0 Å². The summed E-state index contributed by atoms with van der Waals surface area (Å²) >= 11 is 0. The molecule has 110 valence electrons. The van der Waals surface area contributed by atoms with E-state index in [9.17, 15) is 0 Å². The second-order valence-electron chi connectivity index (χ2n) is 5.77. The minimum Gasteiger partial charge on any atom is -0.310 e. The number of benzene rings is 2. The predicted octanol–water partition coefficient (Wildman–Crippen LogP) is 4.40. The first kappa shape index (κ1) is 15.5. The third kappa shape index (κ3) is 5.97. The number of nitrogens with one attached hydrogen (secondary N) is 1. The van der Waals surface area contributed by atoms with Crippen LogP contribution in [0.5, 0.6) is 0 Å². The molecule has 0 saturated carbocycles. The number of hydrogen-bond donors (Lipinski definition) is 1. The lowest BCUT2D eigenvalue weighted by Crippen LogP contribution is -2.33. The first-order valence-electron chi connectivity index (χ1n) is 7.68. The van der Waals surface area contributed by atoms with Gasteiger partial charge >= 0.3 is 0 Å². The van der Waals surface area contributed by atoms with Crippen LogP contribution in [0.4, 0.5) is 0 Å². The molecule has 2 rings (SSSR count). The van der Waals surface area contributed by atoms with Gasteiger partial charge in [0.1, 0.15) is 0 Å². The van der Waals surface area contributed by atoms with Crippen molar-refractivity contribution in [2.45, 2.75) is 32.7 Å². The van der Waals surface area contributed by atoms with Gasteiger partial charge < -0.3 is 5.32 Å². The summed E-state index contributed by atoms with van der Waals surface area (Å²) in [5, 5.41) is 3.67. The van der Waals surface area contributed by atoms with Crippen molar-refractivity contribution in [3.05, 3.63) is 83.4 Å². The van der Waals surface area contributed by atoms with Crippen LogP contribution in [0.1, 0.15) is 25.0 Å². The van der Waals surface area contributed by atoms with E-state index in [1.54, 1.807) is 0 Å². The molecule has 0 aromatic heterocycles. The van der Waals surface area contributed by atoms with Crippen molar-refractivity contribution in [2.24, 2.45) is 0 Å². The molecule has 1 nitrogen and oxygen atoms in total. The van der Waals surface area contributed by atoms with Gasteiger partial charge in [0.05, 0.1) is 0 Å². The van der Waals surface area contributed by atoms with Crippen LogP contribution in [-0.4, -0.2) is 12.6 Å². The molecule has 0 unspecified atom stereocenters. The monoisotopic (exact) mass is 279 g/mol. The molecule has 21 heavy (non-hydrogen) atoms. The lowest BCUT2D eigenvalue weighted by Gasteiger charge is -2.18. The highest BCUT2D eigenvalue weighted by atomic mass is 14.9. The maximum absolute atomic E-state index is 3.67. The van der Waals surface area contributed by atoms with Crippen LogP contribution in [0.3, 0.4) is 0 Å². The summed E-state index contributed by atoms with van der Waals surface area (Å²) in [6.07, 6.45) is 4.38. The Morgan fingerprint density at radius 3 is 1.76 bits per heavy atom. The Labute approximate surface area is 128 Å². The highest BCUT2D eigenvalue weighted by Crippen LogP contribution is 2.09. The fraction of sp³-hybridized carbons (Fsp3) is 0.300. The molecule has 0 radical (unpaired) electrons. The van der Waals surface area contributed by atoms with Crippen LogP contribution in [0.2, 0.25) is 0 Å². The van der Waals surface area contributed by atoms with Gasteiger partial charge in [-0.1, -0.05) is 72.3 Å². The minimum atomic E-state index is 0.463. The van der Waals surface area contributed by atoms with E-state index in [-0.39, 0.29) is 0 Å². The quantitative estimate of drug-likeness (QED) is 0.741. The molecule has 0 heterocycles. The lowest BCUT2D eigenvalue weighted by atomic mass is 9.99. The Bertz CT molecular complexity index is 497. The standard InChI is InChI=1S/C20H25N/c1-17(2)13-14-21-20(15-18-9-5-3-6-10-18)16-19-11-7-4-8-12-19/h3-13,20-21H,14-16H2,1-2H3. The summed E-state index contributed by atoms with van der Waals surface area (Å²) in [4.78, 5) is 0. The Morgan fingerprint density at radius 1 is 0.857 bits per heavy atom. The van der Waals surface area contributed by atoms with Gasteiger partial charge in [-0.15, -0.1) is 0 Å². The summed E-state index contributed by atoms with van der Waals surface area (Å²) in [7, 11) is 0. The zero-order chi connectivity index (χ0) is 14.9. The van der Waals surface area contributed by atoms with Gasteiger partial charge in [-0.2, -0.15) is 0 Å². The molecular formula is C20H25N. The van der Waals surface area contributed by atoms with Crippen molar-refractivity contribution in [3.8, 4) is 0 Å². The lowest BCUT2D eigenvalue weighted by molar-refractivity contribution is 0.533. The Kier molecular flexibility index (Phi) is 6.23. The van der Waals surface area contributed by atoms with Crippen molar-refractivity contribution >= 4 is 0 Å². The van der Waals surface area contributed by atoms with E-state index in [0.717, 1.165) is 19.4 Å². The fourth-order valence-electron chi connectivity index (χ4n) is 2.44. The molecule has 0 aliphatic rings. The summed E-state index contributed by atoms with van der Waals surface area (Å²) in [6, 6.07) is 21.9. The van der Waals surface area contributed by atoms with E-state index >= 15 is 0 Å². The molecule has 2 aromatic rings. The summed E-state index contributed by atoms with van der Waals surface area (Å²) < 4.78 is 0. The summed E-state index contributed by atoms with van der Waals surface area (Å²) in [5.41, 5.74) is 4.15. The van der Waals surface area contributed by atoms with Crippen molar-refractivity contribution in [1.82, 2.24) is 5.32 Å². The molecule has 2 aromatic carbocycles. The maximum Gasteiger partial charge on any atom is 0.0151 e. The highest BCUT2D eigenvalue weighted by molar-refractivity contribution is 5.19. The smallest absolute Gasteiger partial charge is 0.0151 e. The fourth-order valence-corrected chi connectivity index (χ4v) is 2.44. The van der Waals surface area contributed by atoms with Crippen LogP contribution < -0.4 is 5.32 Å². The average molecular weight is 279 g/mol. The minimum absolute atomic E-state index is 0.463. The largest absolute Gasteiger partial charge is 0.310 e. The third-order valence-corrected chi connectivity index (χ3v) is 3.57. The predicted molar refractivity (Wildman–Crippen MR) is 91.5 cm³/mol. The first-order chi connectivity index (χ1) is 10.2. The average Bonchev–Trinajstić information content (AvgIpc) is 2.49. The molecule has 0 aliphatic heterocycles. The van der Waals surface area contributed by atoms with Gasteiger partial charge in [0, 0.05) is 12.6 Å². The molecule has 0 aliphatic carbocycles. The van der Waals surface area contributed by atoms with Gasteiger partial charge in [-0.05, 0) is 37.8 Å². The second kappa shape index (κ2) is 8.43. The highest BCUT2D eigenvalue weighted by Gasteiger charge is 2.09. The molecule has 1 heteroatoms. The van der Waals surface area contributed by atoms with E-state index in [0.29, 0.717) is 6.04 Å². The molecule has 0 saturated heterocycles. The Hall–Kier alpha value is -1.86. The third-order valence-electron chi connectivity index (χ3n) is 3.57. The van der Waals surface area contributed by atoms with Crippen molar-refractivity contribution < 1.29 is 0 Å². The van der Waals surface area contributed by atoms with Gasteiger partial charge in [-0.25, -0.2) is 0 Å². The number of rotatable bonds is 7. The molecule has 1 N–H and O–H groups in total. The first-order valence-corrected chi connectivity index (χ1v) is 7.68. The molecule has 0 amide bonds. The number of allylic oxidation sites excluding steroid dienone is 1. The van der Waals surface area contributed by atoms with Gasteiger partial charge in [0.15, 0.2) is 0 Å². The van der Waals surface area contributed by atoms with Crippen LogP contribution in [0.25, 0.3) is 0 Å². The van der Waals surface area contributed by atoms with Gasteiger partial charge in [0.25, 0.3) is 0 Å². The molecule has 0 bridgehead atoms. The van der Waals surface area contributed by atoms with Gasteiger partial charge in [-0.3, -0.25) is 0 Å². The zero-order valence-electron chi connectivity index (χ0n) is 13.0. The van der Waals surface area contributed by atoms with E-state index in [1.807, 2.05) is 0 Å². The van der Waals surface area contributed by atoms with Crippen LogP contribution >= 0.6 is 0 Å². The van der Waals surface area contributed by atoms with Crippen LogP contribution in [-0.2, 0) is 12.8 Å². The van der Waals surface area contributed by atoms with E-state index in [2.05, 4.69) is 85.9 Å². The van der Waals surface area contributed by atoms with E-state index < -0.39 is 0 Å². The topological polar surface area (TPSA) is 12.0 Å². The van der Waals surface area contributed by atoms with Crippen molar-refractivity contribution in [1.29, 1.82) is 0 Å². The van der Waals surface area contributed by atoms with Crippen LogP contribution in [0.15, 0.2) is 72.3 Å². The summed E-state index contributed by atoms with van der Waals surface area (Å²) in [5.74, 6) is 0. The zero-order valence-corrected chi connectivity index (χ0v) is 13.0. The Morgan fingerprint density at radius 2 is 1.33 bits per heavy atom. The molecule has 0 spiro atoms. The van der Waals surface area contributed by atoms with Gasteiger partial charge in [0.2, 0.25) is 0 Å². The molecule has 0 fully saturated rings. The summed E-state index contributed by atoms with van der Waals surface area (Å²) in [6.45, 7) is 5.23. The second-order valence-corrected chi connectivity index (χ2v) is 5.77.